The number of anilines is 1. The van der Waals surface area contributed by atoms with Crippen molar-refractivity contribution in [1.82, 2.24) is 9.55 Å². The lowest BCUT2D eigenvalue weighted by Gasteiger charge is -2.27. The molecule has 1 aliphatic rings. The van der Waals surface area contributed by atoms with Gasteiger partial charge in [0.05, 0.1) is 12.7 Å². The molecule has 30 heavy (non-hydrogen) atoms. The molecule has 2 N–H and O–H groups in total. The molecule has 0 saturated carbocycles. The van der Waals surface area contributed by atoms with Gasteiger partial charge in [-0.05, 0) is 23.3 Å². The van der Waals surface area contributed by atoms with Gasteiger partial charge in [-0.15, -0.1) is 0 Å². The minimum atomic E-state index is -0.495. The van der Waals surface area contributed by atoms with Crippen molar-refractivity contribution < 1.29 is 14.6 Å². The normalized spacial score (nSPS) is 15.4. The van der Waals surface area contributed by atoms with Gasteiger partial charge in [0.25, 0.3) is 5.56 Å². The van der Waals surface area contributed by atoms with Crippen molar-refractivity contribution in [2.75, 3.05) is 12.4 Å². The van der Waals surface area contributed by atoms with Gasteiger partial charge in [0.2, 0.25) is 5.91 Å². The summed E-state index contributed by atoms with van der Waals surface area (Å²) in [6, 6.07) is 14.8. The summed E-state index contributed by atoms with van der Waals surface area (Å²) in [6.45, 7) is 0. The van der Waals surface area contributed by atoms with E-state index in [2.05, 4.69) is 10.3 Å². The van der Waals surface area contributed by atoms with Crippen molar-refractivity contribution in [1.29, 1.82) is 0 Å². The average Bonchev–Trinajstić information content (AvgIpc) is 2.75. The van der Waals surface area contributed by atoms with Gasteiger partial charge in [-0.25, -0.2) is 0 Å². The minimum absolute atomic E-state index is 0.0395. The van der Waals surface area contributed by atoms with Gasteiger partial charge >= 0.3 is 0 Å². The maximum atomic E-state index is 13.0. The second-order valence-corrected chi connectivity index (χ2v) is 7.97. The number of amides is 1. The van der Waals surface area contributed by atoms with E-state index in [4.69, 9.17) is 4.74 Å². The molecule has 0 bridgehead atoms. The summed E-state index contributed by atoms with van der Waals surface area (Å²) in [4.78, 5) is 29.7. The molecule has 1 amide bonds. The largest absolute Gasteiger partial charge is 0.504 e. The second kappa shape index (κ2) is 8.23. The molecule has 1 aliphatic heterocycles. The van der Waals surface area contributed by atoms with Crippen LogP contribution >= 0.6 is 11.8 Å². The smallest absolute Gasteiger partial charge is 0.279 e. The van der Waals surface area contributed by atoms with Crippen LogP contribution in [0, 0.1) is 0 Å². The Morgan fingerprint density at radius 2 is 2.00 bits per heavy atom. The third-order valence-corrected chi connectivity index (χ3v) is 6.22. The number of rotatable bonds is 5. The van der Waals surface area contributed by atoms with Crippen molar-refractivity contribution >= 4 is 23.5 Å². The van der Waals surface area contributed by atoms with Crippen LogP contribution in [0.4, 0.5) is 5.82 Å². The molecule has 3 aromatic rings. The number of nitrogens with one attached hydrogen (secondary N) is 1. The molecule has 0 fully saturated rings. The maximum absolute atomic E-state index is 13.0. The molecule has 154 valence electrons. The van der Waals surface area contributed by atoms with Crippen molar-refractivity contribution in [3.63, 3.8) is 0 Å². The predicted octanol–water partition coefficient (Wildman–Crippen LogP) is 3.26. The molecule has 8 heteroatoms. The predicted molar refractivity (Wildman–Crippen MR) is 115 cm³/mol. The van der Waals surface area contributed by atoms with E-state index in [1.807, 2.05) is 30.3 Å². The number of phenols is 1. The van der Waals surface area contributed by atoms with E-state index in [1.165, 1.54) is 24.9 Å². The zero-order valence-electron chi connectivity index (χ0n) is 16.6. The van der Waals surface area contributed by atoms with E-state index in [1.54, 1.807) is 23.7 Å². The number of aromatic hydroxyl groups is 1. The molecule has 1 atom stereocenters. The SMILES string of the molecule is COc1ccc(C2CC(=O)Nc3c2c(=O)nc(SCc2ccccc2)n3C)cc1O. The van der Waals surface area contributed by atoms with Gasteiger partial charge in [-0.3, -0.25) is 9.59 Å². The number of thioether (sulfide) groups is 1. The Morgan fingerprint density at radius 1 is 1.23 bits per heavy atom. The minimum Gasteiger partial charge on any atom is -0.504 e. The highest BCUT2D eigenvalue weighted by Gasteiger charge is 2.32. The van der Waals surface area contributed by atoms with Crippen LogP contribution in [-0.2, 0) is 17.6 Å². The van der Waals surface area contributed by atoms with Gasteiger partial charge in [0.1, 0.15) is 5.82 Å². The highest BCUT2D eigenvalue weighted by atomic mass is 32.2. The van der Waals surface area contributed by atoms with Gasteiger partial charge < -0.3 is 19.7 Å². The number of ether oxygens (including phenoxy) is 1. The Labute approximate surface area is 177 Å². The molecule has 2 heterocycles. The zero-order valence-corrected chi connectivity index (χ0v) is 17.4. The molecule has 4 rings (SSSR count). The van der Waals surface area contributed by atoms with Crippen LogP contribution in [0.15, 0.2) is 58.5 Å². The molecular weight excluding hydrogens is 402 g/mol. The van der Waals surface area contributed by atoms with Crippen molar-refractivity contribution in [3.8, 4) is 11.5 Å². The van der Waals surface area contributed by atoms with Crippen molar-refractivity contribution in [2.24, 2.45) is 7.05 Å². The number of fused-ring (bicyclic) bond motifs is 1. The first kappa shape index (κ1) is 20.0. The lowest BCUT2D eigenvalue weighted by atomic mass is 9.86. The summed E-state index contributed by atoms with van der Waals surface area (Å²) in [5.74, 6) is 0.708. The first-order chi connectivity index (χ1) is 14.5. The number of carbonyl (C=O) groups is 1. The van der Waals surface area contributed by atoms with E-state index < -0.39 is 5.92 Å². The van der Waals surface area contributed by atoms with Crippen molar-refractivity contribution in [2.45, 2.75) is 23.2 Å². The van der Waals surface area contributed by atoms with Gasteiger partial charge in [0.15, 0.2) is 16.7 Å². The number of hydrogen-bond acceptors (Lipinski definition) is 6. The number of methoxy groups -OCH3 is 1. The topological polar surface area (TPSA) is 93.5 Å². The summed E-state index contributed by atoms with van der Waals surface area (Å²) in [5.41, 5.74) is 1.82. The second-order valence-electron chi connectivity index (χ2n) is 7.03. The van der Waals surface area contributed by atoms with E-state index in [9.17, 15) is 14.7 Å². The molecule has 0 radical (unpaired) electrons. The number of nitrogens with zero attached hydrogens (tertiary/aromatic N) is 2. The Bertz CT molecular complexity index is 1160. The average molecular weight is 423 g/mol. The molecule has 7 nitrogen and oxygen atoms in total. The Hall–Kier alpha value is -3.26. The Morgan fingerprint density at radius 3 is 2.70 bits per heavy atom. The van der Waals surface area contributed by atoms with Crippen LogP contribution < -0.4 is 15.6 Å². The van der Waals surface area contributed by atoms with Crippen LogP contribution in [0.1, 0.15) is 29.0 Å². The van der Waals surface area contributed by atoms with Crippen LogP contribution in [0.3, 0.4) is 0 Å². The third kappa shape index (κ3) is 3.78. The standard InChI is InChI=1S/C22H21N3O4S/c1-25-20-19(21(28)24-22(25)30-12-13-6-4-3-5-7-13)15(11-18(27)23-20)14-8-9-17(29-2)16(26)10-14/h3-10,15,26H,11-12H2,1-2H3,(H,23,27). The molecule has 1 aromatic heterocycles. The summed E-state index contributed by atoms with van der Waals surface area (Å²) in [5, 5.41) is 13.5. The van der Waals surface area contributed by atoms with E-state index >= 15 is 0 Å². The van der Waals surface area contributed by atoms with E-state index in [0.29, 0.717) is 33.6 Å². The van der Waals surface area contributed by atoms with E-state index in [-0.39, 0.29) is 23.6 Å². The molecular formula is C22H21N3O4S. The Kier molecular flexibility index (Phi) is 5.50. The first-order valence-electron chi connectivity index (χ1n) is 9.42. The number of carbonyl (C=O) groups excluding carboxylic acids is 1. The number of benzene rings is 2. The summed E-state index contributed by atoms with van der Waals surface area (Å²) in [6.07, 6.45) is 0.103. The number of phenolic OH excluding ortho intramolecular Hbond substituents is 1. The quantitative estimate of drug-likeness (QED) is 0.483. The fourth-order valence-corrected chi connectivity index (χ4v) is 4.52. The van der Waals surface area contributed by atoms with Gasteiger partial charge in [0, 0.05) is 25.1 Å². The fourth-order valence-electron chi connectivity index (χ4n) is 3.60. The summed E-state index contributed by atoms with van der Waals surface area (Å²) in [7, 11) is 3.25. The zero-order chi connectivity index (χ0) is 21.3. The fraction of sp³-hybridized carbons (Fsp3) is 0.227. The van der Waals surface area contributed by atoms with Crippen LogP contribution in [0.25, 0.3) is 0 Å². The Balaban J connectivity index is 1.73. The molecule has 0 saturated heterocycles. The molecule has 0 aliphatic carbocycles. The van der Waals surface area contributed by atoms with Crippen molar-refractivity contribution in [3.05, 3.63) is 75.6 Å². The highest BCUT2D eigenvalue weighted by molar-refractivity contribution is 7.98. The molecule has 1 unspecified atom stereocenters. The molecule has 2 aromatic carbocycles. The lowest BCUT2D eigenvalue weighted by molar-refractivity contribution is -0.116. The highest BCUT2D eigenvalue weighted by Crippen LogP contribution is 2.38. The van der Waals surface area contributed by atoms with Gasteiger partial charge in [-0.2, -0.15) is 4.98 Å². The maximum Gasteiger partial charge on any atom is 0.279 e. The summed E-state index contributed by atoms with van der Waals surface area (Å²) >= 11 is 1.44. The number of aromatic nitrogens is 2. The molecule has 0 spiro atoms. The lowest BCUT2D eigenvalue weighted by Crippen LogP contribution is -2.33. The third-order valence-electron chi connectivity index (χ3n) is 5.12. The van der Waals surface area contributed by atoms with Gasteiger partial charge in [-0.1, -0.05) is 48.2 Å². The monoisotopic (exact) mass is 423 g/mol. The summed E-state index contributed by atoms with van der Waals surface area (Å²) < 4.78 is 6.84. The number of hydrogen-bond donors (Lipinski definition) is 2. The van der Waals surface area contributed by atoms with Crippen LogP contribution in [0.2, 0.25) is 0 Å². The van der Waals surface area contributed by atoms with Crippen LogP contribution in [0.5, 0.6) is 11.5 Å². The van der Waals surface area contributed by atoms with E-state index in [0.717, 1.165) is 5.56 Å². The van der Waals surface area contributed by atoms with Crippen LogP contribution in [-0.4, -0.2) is 27.7 Å². The first-order valence-corrected chi connectivity index (χ1v) is 10.4.